The number of ether oxygens (including phenoxy) is 1. The monoisotopic (exact) mass is 301 g/mol. The molecule has 0 spiro atoms. The molecule has 114 valence electrons. The Labute approximate surface area is 119 Å². The summed E-state index contributed by atoms with van der Waals surface area (Å²) in [6.07, 6.45) is -4.61. The number of hydrogen-bond donors (Lipinski definition) is 0. The molecule has 1 aromatic heterocycles. The Morgan fingerprint density at radius 2 is 2.00 bits per heavy atom. The summed E-state index contributed by atoms with van der Waals surface area (Å²) in [5.41, 5.74) is 0.965. The SMILES string of the molecule is COc1cccc(CN(C)Cc2nnc(C(F)(F)F)o2)c1. The molecule has 2 aromatic rings. The molecule has 5 nitrogen and oxygen atoms in total. The summed E-state index contributed by atoms with van der Waals surface area (Å²) in [7, 11) is 3.32. The minimum Gasteiger partial charge on any atom is -0.497 e. The Bertz CT molecular complexity index is 598. The molecule has 0 amide bonds. The van der Waals surface area contributed by atoms with Gasteiger partial charge >= 0.3 is 12.1 Å². The fourth-order valence-electron chi connectivity index (χ4n) is 1.80. The lowest BCUT2D eigenvalue weighted by atomic mass is 10.2. The first kappa shape index (κ1) is 15.3. The van der Waals surface area contributed by atoms with Crippen LogP contribution in [0.4, 0.5) is 13.2 Å². The van der Waals surface area contributed by atoms with Gasteiger partial charge < -0.3 is 9.15 Å². The molecule has 1 aromatic carbocycles. The average Bonchev–Trinajstić information content (AvgIpc) is 2.87. The predicted molar refractivity (Wildman–Crippen MR) is 67.5 cm³/mol. The lowest BCUT2D eigenvalue weighted by Crippen LogP contribution is -2.17. The van der Waals surface area contributed by atoms with Crippen molar-refractivity contribution in [3.63, 3.8) is 0 Å². The van der Waals surface area contributed by atoms with Crippen LogP contribution in [0.1, 0.15) is 17.3 Å². The Hall–Kier alpha value is -2.09. The average molecular weight is 301 g/mol. The summed E-state index contributed by atoms with van der Waals surface area (Å²) >= 11 is 0. The van der Waals surface area contributed by atoms with Crippen molar-refractivity contribution in [2.75, 3.05) is 14.2 Å². The molecule has 0 aliphatic heterocycles. The van der Waals surface area contributed by atoms with E-state index >= 15 is 0 Å². The lowest BCUT2D eigenvalue weighted by Gasteiger charge is -2.14. The molecule has 0 unspecified atom stereocenters. The Balaban J connectivity index is 1.98. The van der Waals surface area contributed by atoms with Gasteiger partial charge in [0, 0.05) is 6.54 Å². The number of aromatic nitrogens is 2. The van der Waals surface area contributed by atoms with Gasteiger partial charge in [0.05, 0.1) is 13.7 Å². The van der Waals surface area contributed by atoms with Crippen molar-refractivity contribution in [2.45, 2.75) is 19.3 Å². The first-order chi connectivity index (χ1) is 9.88. The fraction of sp³-hybridized carbons (Fsp3) is 0.385. The lowest BCUT2D eigenvalue weighted by molar-refractivity contribution is -0.157. The maximum atomic E-state index is 12.3. The third kappa shape index (κ3) is 4.19. The van der Waals surface area contributed by atoms with Crippen molar-refractivity contribution >= 4 is 0 Å². The summed E-state index contributed by atoms with van der Waals surface area (Å²) < 4.78 is 46.7. The first-order valence-corrected chi connectivity index (χ1v) is 6.09. The number of halogens is 3. The van der Waals surface area contributed by atoms with Gasteiger partial charge in [-0.25, -0.2) is 0 Å². The number of hydrogen-bond acceptors (Lipinski definition) is 5. The molecular formula is C13H14F3N3O2. The zero-order valence-electron chi connectivity index (χ0n) is 11.5. The highest BCUT2D eigenvalue weighted by Crippen LogP contribution is 2.27. The standard InChI is InChI=1S/C13H14F3N3O2/c1-19(7-9-4-3-5-10(6-9)20-2)8-11-17-18-12(21-11)13(14,15)16/h3-6H,7-8H2,1-2H3. The van der Waals surface area contributed by atoms with Crippen molar-refractivity contribution < 1.29 is 22.3 Å². The molecule has 0 aliphatic carbocycles. The van der Waals surface area contributed by atoms with Crippen LogP contribution in [-0.4, -0.2) is 29.3 Å². The second-order valence-corrected chi connectivity index (χ2v) is 4.52. The van der Waals surface area contributed by atoms with E-state index in [0.29, 0.717) is 6.54 Å². The number of benzene rings is 1. The van der Waals surface area contributed by atoms with Crippen LogP contribution in [0.15, 0.2) is 28.7 Å². The smallest absolute Gasteiger partial charge is 0.470 e. The highest BCUT2D eigenvalue weighted by Gasteiger charge is 2.38. The van der Waals surface area contributed by atoms with E-state index in [1.54, 1.807) is 19.1 Å². The van der Waals surface area contributed by atoms with E-state index in [-0.39, 0.29) is 12.4 Å². The van der Waals surface area contributed by atoms with Gasteiger partial charge in [0.1, 0.15) is 5.75 Å². The highest BCUT2D eigenvalue weighted by molar-refractivity contribution is 5.28. The summed E-state index contributed by atoms with van der Waals surface area (Å²) in [4.78, 5) is 1.77. The van der Waals surface area contributed by atoms with E-state index in [1.807, 2.05) is 24.3 Å². The fourth-order valence-corrected chi connectivity index (χ4v) is 1.80. The van der Waals surface area contributed by atoms with E-state index < -0.39 is 12.1 Å². The van der Waals surface area contributed by atoms with Gasteiger partial charge in [-0.05, 0) is 24.7 Å². The highest BCUT2D eigenvalue weighted by atomic mass is 19.4. The zero-order valence-corrected chi connectivity index (χ0v) is 11.5. The molecule has 0 saturated heterocycles. The molecule has 0 aliphatic rings. The Morgan fingerprint density at radius 3 is 2.62 bits per heavy atom. The summed E-state index contributed by atoms with van der Waals surface area (Å²) in [5, 5.41) is 6.38. The van der Waals surface area contributed by atoms with Crippen LogP contribution in [0, 0.1) is 0 Å². The maximum absolute atomic E-state index is 12.3. The van der Waals surface area contributed by atoms with E-state index in [4.69, 9.17) is 4.74 Å². The van der Waals surface area contributed by atoms with Crippen LogP contribution in [0.25, 0.3) is 0 Å². The normalized spacial score (nSPS) is 11.9. The molecule has 21 heavy (non-hydrogen) atoms. The zero-order chi connectivity index (χ0) is 15.5. The topological polar surface area (TPSA) is 51.4 Å². The van der Waals surface area contributed by atoms with Gasteiger partial charge in [-0.3, -0.25) is 4.90 Å². The number of nitrogens with zero attached hydrogens (tertiary/aromatic N) is 3. The van der Waals surface area contributed by atoms with Crippen LogP contribution in [0.3, 0.4) is 0 Å². The maximum Gasteiger partial charge on any atom is 0.470 e. The van der Waals surface area contributed by atoms with E-state index in [1.165, 1.54) is 0 Å². The molecule has 0 radical (unpaired) electrons. The van der Waals surface area contributed by atoms with Gasteiger partial charge in [0.15, 0.2) is 0 Å². The van der Waals surface area contributed by atoms with Crippen molar-refractivity contribution in [2.24, 2.45) is 0 Å². The Morgan fingerprint density at radius 1 is 1.24 bits per heavy atom. The van der Waals surface area contributed by atoms with E-state index in [9.17, 15) is 13.2 Å². The molecule has 0 saturated carbocycles. The molecule has 0 fully saturated rings. The van der Waals surface area contributed by atoms with Gasteiger partial charge in [-0.15, -0.1) is 10.2 Å². The summed E-state index contributed by atoms with van der Waals surface area (Å²) in [6.45, 7) is 0.640. The second kappa shape index (κ2) is 6.13. The van der Waals surface area contributed by atoms with Crippen molar-refractivity contribution in [1.29, 1.82) is 0 Å². The van der Waals surface area contributed by atoms with Gasteiger partial charge in [-0.2, -0.15) is 13.2 Å². The van der Waals surface area contributed by atoms with Crippen LogP contribution < -0.4 is 4.74 Å². The molecular weight excluding hydrogens is 287 g/mol. The third-order valence-corrected chi connectivity index (χ3v) is 2.70. The third-order valence-electron chi connectivity index (χ3n) is 2.70. The number of methoxy groups -OCH3 is 1. The van der Waals surface area contributed by atoms with Crippen LogP contribution in [0.5, 0.6) is 5.75 Å². The molecule has 8 heteroatoms. The number of rotatable bonds is 5. The van der Waals surface area contributed by atoms with Gasteiger partial charge in [0.25, 0.3) is 0 Å². The predicted octanol–water partition coefficient (Wildman–Crippen LogP) is 2.73. The minimum absolute atomic E-state index is 0.0762. The van der Waals surface area contributed by atoms with Crippen molar-refractivity contribution in [3.05, 3.63) is 41.6 Å². The molecule has 2 rings (SSSR count). The van der Waals surface area contributed by atoms with Crippen LogP contribution in [0.2, 0.25) is 0 Å². The summed E-state index contributed by atoms with van der Waals surface area (Å²) in [6, 6.07) is 7.41. The molecule has 0 atom stereocenters. The van der Waals surface area contributed by atoms with Crippen LogP contribution >= 0.6 is 0 Å². The minimum atomic E-state index is -4.61. The van der Waals surface area contributed by atoms with Gasteiger partial charge in [0.2, 0.25) is 5.89 Å². The molecule has 0 bridgehead atoms. The second-order valence-electron chi connectivity index (χ2n) is 4.52. The number of alkyl halides is 3. The van der Waals surface area contributed by atoms with Crippen LogP contribution in [-0.2, 0) is 19.3 Å². The van der Waals surface area contributed by atoms with E-state index in [2.05, 4.69) is 14.6 Å². The molecule has 0 N–H and O–H groups in total. The largest absolute Gasteiger partial charge is 0.497 e. The quantitative estimate of drug-likeness (QED) is 0.850. The van der Waals surface area contributed by atoms with Crippen molar-refractivity contribution in [3.8, 4) is 5.75 Å². The van der Waals surface area contributed by atoms with E-state index in [0.717, 1.165) is 11.3 Å². The Kier molecular flexibility index (Phi) is 4.46. The first-order valence-electron chi connectivity index (χ1n) is 6.09. The van der Waals surface area contributed by atoms with Gasteiger partial charge in [-0.1, -0.05) is 12.1 Å². The molecule has 1 heterocycles. The summed E-state index contributed by atoms with van der Waals surface area (Å²) in [5.74, 6) is -0.682. The van der Waals surface area contributed by atoms with Crippen molar-refractivity contribution in [1.82, 2.24) is 15.1 Å².